The van der Waals surface area contributed by atoms with Gasteiger partial charge in [0.05, 0.1) is 39.0 Å². The van der Waals surface area contributed by atoms with E-state index in [2.05, 4.69) is 5.32 Å². The minimum Gasteiger partial charge on any atom is -0.497 e. The number of hydrogen-bond donors (Lipinski definition) is 1. The highest BCUT2D eigenvalue weighted by atomic mass is 32.2. The fourth-order valence-electron chi connectivity index (χ4n) is 5.55. The molecule has 11 nitrogen and oxygen atoms in total. The number of hydrogen-bond acceptors (Lipinski definition) is 8. The number of carbonyl (C=O) groups excluding carboxylic acids is 2. The summed E-state index contributed by atoms with van der Waals surface area (Å²) in [6.45, 7) is 3.06. The van der Waals surface area contributed by atoms with Gasteiger partial charge in [0.15, 0.2) is 11.5 Å². The zero-order valence-corrected chi connectivity index (χ0v) is 28.1. The van der Waals surface area contributed by atoms with Gasteiger partial charge in [-0.2, -0.15) is 0 Å². The first-order valence-electron chi connectivity index (χ1n) is 15.1. The third kappa shape index (κ3) is 7.67. The van der Waals surface area contributed by atoms with Crippen LogP contribution in [0.3, 0.4) is 0 Å². The van der Waals surface area contributed by atoms with Crippen molar-refractivity contribution in [2.45, 2.75) is 63.1 Å². The molecule has 0 saturated heterocycles. The van der Waals surface area contributed by atoms with Crippen LogP contribution in [0.2, 0.25) is 0 Å². The summed E-state index contributed by atoms with van der Waals surface area (Å²) in [4.78, 5) is 29.2. The van der Waals surface area contributed by atoms with E-state index in [-0.39, 0.29) is 40.6 Å². The second-order valence-corrected chi connectivity index (χ2v) is 13.0. The highest BCUT2D eigenvalue weighted by molar-refractivity contribution is 7.92. The Morgan fingerprint density at radius 2 is 1.52 bits per heavy atom. The summed E-state index contributed by atoms with van der Waals surface area (Å²) in [6.07, 6.45) is 3.85. The molecule has 12 heteroatoms. The maximum Gasteiger partial charge on any atom is 0.265 e. The molecule has 1 atom stereocenters. The van der Waals surface area contributed by atoms with Crippen molar-refractivity contribution in [1.82, 2.24) is 10.2 Å². The molecule has 2 amide bonds. The van der Waals surface area contributed by atoms with Gasteiger partial charge in [-0.05, 0) is 62.1 Å². The van der Waals surface area contributed by atoms with Gasteiger partial charge >= 0.3 is 0 Å². The molecular formula is C34H43N3O8S. The maximum atomic E-state index is 14.5. The predicted molar refractivity (Wildman–Crippen MR) is 175 cm³/mol. The van der Waals surface area contributed by atoms with Gasteiger partial charge in [-0.1, -0.05) is 37.1 Å². The van der Waals surface area contributed by atoms with Gasteiger partial charge in [0.25, 0.3) is 10.0 Å². The standard InChI is InChI=1S/C34H43N3O8S/c1-23-11-7-8-12-25(23)21-36(24(2)34(39)35-26-13-9-10-14-26)33(38)22-37(29-19-27(42-3)15-17-30(29)43-4)46(40,41)28-16-18-31(44-5)32(20-28)45-6/h7-8,11-12,15-20,24,26H,9-10,13-14,21-22H2,1-6H3,(H,35,39)/t24-/m0/s1. The van der Waals surface area contributed by atoms with E-state index in [1.807, 2.05) is 31.2 Å². The van der Waals surface area contributed by atoms with Gasteiger partial charge in [0.2, 0.25) is 11.8 Å². The van der Waals surface area contributed by atoms with Crippen LogP contribution in [0, 0.1) is 6.92 Å². The topological polar surface area (TPSA) is 124 Å². The zero-order chi connectivity index (χ0) is 33.4. The molecule has 0 unspecified atom stereocenters. The van der Waals surface area contributed by atoms with Crippen LogP contribution < -0.4 is 28.6 Å². The molecule has 0 aromatic heterocycles. The molecule has 1 N–H and O–H groups in total. The Balaban J connectivity index is 1.80. The second-order valence-electron chi connectivity index (χ2n) is 11.2. The number of nitrogens with one attached hydrogen (secondary N) is 1. The molecule has 0 heterocycles. The summed E-state index contributed by atoms with van der Waals surface area (Å²) in [5, 5.41) is 3.09. The second kappa shape index (κ2) is 15.2. The Kier molecular flexibility index (Phi) is 11.4. The van der Waals surface area contributed by atoms with Crippen molar-refractivity contribution < 1.29 is 37.0 Å². The number of amides is 2. The summed E-state index contributed by atoms with van der Waals surface area (Å²) in [6, 6.07) is 15.6. The van der Waals surface area contributed by atoms with Gasteiger partial charge < -0.3 is 29.2 Å². The highest BCUT2D eigenvalue weighted by Gasteiger charge is 2.35. The fraction of sp³-hybridized carbons (Fsp3) is 0.412. The average molecular weight is 654 g/mol. The maximum absolute atomic E-state index is 14.5. The molecule has 248 valence electrons. The Hall–Kier alpha value is -4.45. The van der Waals surface area contributed by atoms with Crippen LogP contribution in [0.1, 0.15) is 43.7 Å². The monoisotopic (exact) mass is 653 g/mol. The normalized spacial score (nSPS) is 13.9. The number of aryl methyl sites for hydroxylation is 1. The minimum absolute atomic E-state index is 0.0494. The average Bonchev–Trinajstić information content (AvgIpc) is 3.58. The molecule has 46 heavy (non-hydrogen) atoms. The number of carbonyl (C=O) groups is 2. The summed E-state index contributed by atoms with van der Waals surface area (Å²) < 4.78 is 51.5. The van der Waals surface area contributed by atoms with Crippen LogP contribution >= 0.6 is 0 Å². The number of anilines is 1. The molecular weight excluding hydrogens is 610 g/mol. The molecule has 1 saturated carbocycles. The number of ether oxygens (including phenoxy) is 4. The van der Waals surface area contributed by atoms with Crippen molar-refractivity contribution in [3.63, 3.8) is 0 Å². The van der Waals surface area contributed by atoms with Crippen LogP contribution in [0.5, 0.6) is 23.0 Å². The van der Waals surface area contributed by atoms with E-state index in [1.165, 1.54) is 57.6 Å². The van der Waals surface area contributed by atoms with E-state index in [9.17, 15) is 18.0 Å². The van der Waals surface area contributed by atoms with Gasteiger partial charge in [-0.25, -0.2) is 8.42 Å². The van der Waals surface area contributed by atoms with Crippen molar-refractivity contribution in [1.29, 1.82) is 0 Å². The number of methoxy groups -OCH3 is 4. The molecule has 4 rings (SSSR count). The van der Waals surface area contributed by atoms with E-state index in [1.54, 1.807) is 19.1 Å². The fourth-order valence-corrected chi connectivity index (χ4v) is 6.99. The van der Waals surface area contributed by atoms with E-state index in [4.69, 9.17) is 18.9 Å². The lowest BCUT2D eigenvalue weighted by molar-refractivity contribution is -0.139. The van der Waals surface area contributed by atoms with E-state index in [0.717, 1.165) is 41.1 Å². The zero-order valence-electron chi connectivity index (χ0n) is 27.2. The number of benzene rings is 3. The number of sulfonamides is 1. The quantitative estimate of drug-likeness (QED) is 0.266. The van der Waals surface area contributed by atoms with Crippen LogP contribution in [0.15, 0.2) is 65.6 Å². The highest BCUT2D eigenvalue weighted by Crippen LogP contribution is 2.38. The Bertz CT molecular complexity index is 1640. The molecule has 0 spiro atoms. The number of nitrogens with zero attached hydrogens (tertiary/aromatic N) is 2. The lowest BCUT2D eigenvalue weighted by Crippen LogP contribution is -2.52. The van der Waals surface area contributed by atoms with Crippen LogP contribution in [-0.4, -0.2) is 72.2 Å². The molecule has 1 aliphatic carbocycles. The minimum atomic E-state index is -4.43. The Labute approximate surface area is 271 Å². The van der Waals surface area contributed by atoms with E-state index < -0.39 is 28.5 Å². The molecule has 3 aromatic carbocycles. The van der Waals surface area contributed by atoms with Gasteiger partial charge in [-0.3, -0.25) is 13.9 Å². The first-order chi connectivity index (χ1) is 22.0. The summed E-state index contributed by atoms with van der Waals surface area (Å²) >= 11 is 0. The molecule has 1 fully saturated rings. The van der Waals surface area contributed by atoms with E-state index in [0.29, 0.717) is 11.5 Å². The summed E-state index contributed by atoms with van der Waals surface area (Å²) in [7, 11) is 1.29. The van der Waals surface area contributed by atoms with Gasteiger partial charge in [0.1, 0.15) is 24.1 Å². The lowest BCUT2D eigenvalue weighted by Gasteiger charge is -2.33. The first-order valence-corrected chi connectivity index (χ1v) is 16.6. The smallest absolute Gasteiger partial charge is 0.265 e. The summed E-state index contributed by atoms with van der Waals surface area (Å²) in [5.41, 5.74) is 1.86. The van der Waals surface area contributed by atoms with Gasteiger partial charge in [-0.15, -0.1) is 0 Å². The third-order valence-corrected chi connectivity index (χ3v) is 10.1. The molecule has 0 bridgehead atoms. The first kappa shape index (κ1) is 34.4. The SMILES string of the molecule is COc1ccc(OC)c(N(CC(=O)N(Cc2ccccc2C)[C@@H](C)C(=O)NC2CCCC2)S(=O)(=O)c2ccc(OC)c(OC)c2)c1. The van der Waals surface area contributed by atoms with Crippen molar-refractivity contribution in [3.05, 3.63) is 71.8 Å². The van der Waals surface area contributed by atoms with E-state index >= 15 is 0 Å². The van der Waals surface area contributed by atoms with Crippen LogP contribution in [-0.2, 0) is 26.2 Å². The third-order valence-electron chi connectivity index (χ3n) is 8.35. The van der Waals surface area contributed by atoms with Crippen LogP contribution in [0.25, 0.3) is 0 Å². The molecule has 1 aliphatic rings. The lowest BCUT2D eigenvalue weighted by atomic mass is 10.1. The molecule has 3 aromatic rings. The van der Waals surface area contributed by atoms with Gasteiger partial charge in [0, 0.05) is 24.7 Å². The molecule has 0 aliphatic heterocycles. The van der Waals surface area contributed by atoms with Crippen LogP contribution in [0.4, 0.5) is 5.69 Å². The Morgan fingerprint density at radius 1 is 0.870 bits per heavy atom. The predicted octanol–water partition coefficient (Wildman–Crippen LogP) is 4.70. The van der Waals surface area contributed by atoms with Crippen molar-refractivity contribution >= 4 is 27.5 Å². The summed E-state index contributed by atoms with van der Waals surface area (Å²) in [5.74, 6) is 0.237. The Morgan fingerprint density at radius 3 is 2.15 bits per heavy atom. The van der Waals surface area contributed by atoms with Crippen molar-refractivity contribution in [3.8, 4) is 23.0 Å². The molecule has 0 radical (unpaired) electrons. The largest absolute Gasteiger partial charge is 0.497 e. The number of rotatable bonds is 14. The van der Waals surface area contributed by atoms with Crippen molar-refractivity contribution in [2.24, 2.45) is 0 Å². The van der Waals surface area contributed by atoms with Crippen molar-refractivity contribution in [2.75, 3.05) is 39.3 Å².